The Morgan fingerprint density at radius 3 is 2.32 bits per heavy atom. The van der Waals surface area contributed by atoms with Crippen LogP contribution in [0.25, 0.3) is 0 Å². The quantitative estimate of drug-likeness (QED) is 0.330. The summed E-state index contributed by atoms with van der Waals surface area (Å²) in [5.74, 6) is -1.88. The molecule has 37 heavy (non-hydrogen) atoms. The average Bonchev–Trinajstić information content (AvgIpc) is 3.18. The van der Waals surface area contributed by atoms with Gasteiger partial charge in [0.15, 0.2) is 12.3 Å². The van der Waals surface area contributed by atoms with Gasteiger partial charge in [-0.3, -0.25) is 19.1 Å². The lowest BCUT2D eigenvalue weighted by molar-refractivity contribution is -0.158. The van der Waals surface area contributed by atoms with Gasteiger partial charge in [0.1, 0.15) is 11.7 Å². The van der Waals surface area contributed by atoms with Gasteiger partial charge >= 0.3 is 11.7 Å². The molecule has 10 heteroatoms. The number of hydrogen-bond acceptors (Lipinski definition) is 7. The molecule has 0 amide bonds. The van der Waals surface area contributed by atoms with Gasteiger partial charge in [-0.05, 0) is 11.1 Å². The molecule has 1 aliphatic rings. The Bertz CT molecular complexity index is 1340. The lowest BCUT2D eigenvalue weighted by Crippen LogP contribution is -2.48. The van der Waals surface area contributed by atoms with E-state index in [2.05, 4.69) is 6.58 Å². The molecule has 2 aromatic carbocycles. The zero-order chi connectivity index (χ0) is 26.4. The summed E-state index contributed by atoms with van der Waals surface area (Å²) in [6.07, 6.45) is -1.39. The number of carbonyl (C=O) groups excluding carboxylic acids is 1. The normalized spacial score (nSPS) is 23.0. The summed E-state index contributed by atoms with van der Waals surface area (Å²) >= 11 is 0. The van der Waals surface area contributed by atoms with Crippen LogP contribution in [0.5, 0.6) is 0 Å². The number of halogens is 1. The third-order valence-corrected chi connectivity index (χ3v) is 5.96. The van der Waals surface area contributed by atoms with Crippen LogP contribution in [0, 0.1) is 5.82 Å². The highest BCUT2D eigenvalue weighted by Gasteiger charge is 2.57. The van der Waals surface area contributed by atoms with Crippen molar-refractivity contribution >= 4 is 5.97 Å². The summed E-state index contributed by atoms with van der Waals surface area (Å²) in [6.45, 7) is 5.36. The second kappa shape index (κ2) is 11.5. The number of H-pyrrole nitrogens is 1. The van der Waals surface area contributed by atoms with Crippen LogP contribution in [-0.2, 0) is 37.0 Å². The average molecular weight is 511 g/mol. The van der Waals surface area contributed by atoms with Crippen molar-refractivity contribution in [1.82, 2.24) is 9.55 Å². The number of nitrogens with zero attached hydrogens (tertiary/aromatic N) is 1. The van der Waals surface area contributed by atoms with Crippen molar-refractivity contribution in [3.8, 4) is 0 Å². The molecule has 1 N–H and O–H groups in total. The number of hydrogen-bond donors (Lipinski definition) is 1. The smallest absolute Gasteiger partial charge is 0.330 e. The van der Waals surface area contributed by atoms with Gasteiger partial charge in [0, 0.05) is 6.92 Å². The van der Waals surface area contributed by atoms with Crippen LogP contribution in [0.4, 0.5) is 4.39 Å². The molecule has 9 nitrogen and oxygen atoms in total. The maximum absolute atomic E-state index is 14.2. The molecule has 4 rings (SSSR count). The van der Waals surface area contributed by atoms with Crippen LogP contribution < -0.4 is 11.2 Å². The van der Waals surface area contributed by atoms with E-state index in [4.69, 9.17) is 18.9 Å². The Balaban J connectivity index is 1.71. The first kappa shape index (κ1) is 26.2. The van der Waals surface area contributed by atoms with Crippen molar-refractivity contribution in [3.05, 3.63) is 117 Å². The number of carbonyl (C=O) groups is 1. The fourth-order valence-electron chi connectivity index (χ4n) is 4.20. The van der Waals surface area contributed by atoms with Crippen LogP contribution >= 0.6 is 0 Å². The number of rotatable bonds is 10. The van der Waals surface area contributed by atoms with Crippen LogP contribution in [-0.4, -0.2) is 39.9 Å². The molecule has 0 radical (unpaired) electrons. The minimum Gasteiger partial charge on any atom is -0.455 e. The Hall–Kier alpha value is -3.86. The first-order valence-electron chi connectivity index (χ1n) is 11.6. The molecule has 4 atom stereocenters. The zero-order valence-corrected chi connectivity index (χ0v) is 20.2. The van der Waals surface area contributed by atoms with Crippen molar-refractivity contribution in [2.75, 3.05) is 6.61 Å². The fourth-order valence-corrected chi connectivity index (χ4v) is 4.20. The van der Waals surface area contributed by atoms with Crippen LogP contribution in [0.15, 0.2) is 89.1 Å². The lowest BCUT2D eigenvalue weighted by atomic mass is 9.95. The van der Waals surface area contributed by atoms with E-state index < -0.39 is 47.1 Å². The molecule has 0 bridgehead atoms. The number of ether oxygens (including phenoxy) is 4. The van der Waals surface area contributed by atoms with E-state index in [0.717, 1.165) is 15.7 Å². The van der Waals surface area contributed by atoms with Gasteiger partial charge in [0.05, 0.1) is 26.0 Å². The summed E-state index contributed by atoms with van der Waals surface area (Å²) < 4.78 is 39.0. The van der Waals surface area contributed by atoms with E-state index in [-0.39, 0.29) is 19.8 Å². The third-order valence-electron chi connectivity index (χ3n) is 5.96. The molecule has 1 saturated heterocycles. The van der Waals surface area contributed by atoms with Gasteiger partial charge in [-0.2, -0.15) is 4.39 Å². The molecule has 0 spiro atoms. The molecule has 3 aromatic rings. The highest BCUT2D eigenvalue weighted by Crippen LogP contribution is 2.42. The minimum atomic E-state index is -1.40. The number of aromatic amines is 1. The molecule has 2 heterocycles. The Morgan fingerprint density at radius 1 is 1.11 bits per heavy atom. The zero-order valence-electron chi connectivity index (χ0n) is 20.2. The first-order chi connectivity index (χ1) is 17.8. The van der Waals surface area contributed by atoms with Crippen molar-refractivity contribution < 1.29 is 28.1 Å². The van der Waals surface area contributed by atoms with Crippen LogP contribution in [0.3, 0.4) is 0 Å². The largest absolute Gasteiger partial charge is 0.455 e. The maximum atomic E-state index is 14.2. The standard InChI is InChI=1S/C27H27FN2O7/c1-3-27(17-34-15-19-10-6-4-7-11-19)23(35-16-20-12-8-5-9-13-20)22(36-18(2)31)25(37-27)30-14-21(28)24(32)29-26(30)33/h3-14,22-23,25H,1,15-17H2,2H3,(H,29,32,33)/t22-,23+,25-,27-/m1/s1. The Kier molecular flexibility index (Phi) is 8.12. The fraction of sp³-hybridized carbons (Fsp3) is 0.296. The maximum Gasteiger partial charge on any atom is 0.330 e. The molecule has 1 aromatic heterocycles. The molecular weight excluding hydrogens is 483 g/mol. The molecule has 194 valence electrons. The number of aromatic nitrogens is 2. The SMILES string of the molecule is C=C[C@]1(COCc2ccccc2)O[C@@H](n2cc(F)c(=O)[nH]c2=O)[C@H](OC(C)=O)[C@@H]1OCc1ccccc1. The summed E-state index contributed by atoms with van der Waals surface area (Å²) in [7, 11) is 0. The van der Waals surface area contributed by atoms with E-state index in [1.807, 2.05) is 65.6 Å². The van der Waals surface area contributed by atoms with Crippen molar-refractivity contribution in [2.45, 2.75) is 44.2 Å². The van der Waals surface area contributed by atoms with Gasteiger partial charge in [0.25, 0.3) is 5.56 Å². The molecule has 1 fully saturated rings. The van der Waals surface area contributed by atoms with Crippen molar-refractivity contribution in [3.63, 3.8) is 0 Å². The predicted octanol–water partition coefficient (Wildman–Crippen LogP) is 2.86. The Labute approximate surface area is 212 Å². The van der Waals surface area contributed by atoms with Gasteiger partial charge in [-0.25, -0.2) is 4.79 Å². The van der Waals surface area contributed by atoms with Crippen LogP contribution in [0.1, 0.15) is 24.3 Å². The molecule has 0 unspecified atom stereocenters. The van der Waals surface area contributed by atoms with E-state index in [1.54, 1.807) is 0 Å². The molecular formula is C27H27FN2O7. The van der Waals surface area contributed by atoms with E-state index in [0.29, 0.717) is 6.20 Å². The summed E-state index contributed by atoms with van der Waals surface area (Å²) in [5, 5.41) is 0. The monoisotopic (exact) mass is 510 g/mol. The topological polar surface area (TPSA) is 109 Å². The van der Waals surface area contributed by atoms with E-state index in [9.17, 15) is 18.8 Å². The number of esters is 1. The minimum absolute atomic E-state index is 0.0836. The summed E-state index contributed by atoms with van der Waals surface area (Å²) in [5.41, 5.74) is -1.78. The van der Waals surface area contributed by atoms with E-state index >= 15 is 0 Å². The molecule has 0 saturated carbocycles. The summed E-state index contributed by atoms with van der Waals surface area (Å²) in [4.78, 5) is 38.2. The number of nitrogens with one attached hydrogen (secondary N) is 1. The Morgan fingerprint density at radius 2 is 1.73 bits per heavy atom. The van der Waals surface area contributed by atoms with Gasteiger partial charge < -0.3 is 18.9 Å². The predicted molar refractivity (Wildman–Crippen MR) is 131 cm³/mol. The highest BCUT2D eigenvalue weighted by molar-refractivity contribution is 5.66. The van der Waals surface area contributed by atoms with E-state index in [1.165, 1.54) is 13.0 Å². The van der Waals surface area contributed by atoms with Gasteiger partial charge in [-0.1, -0.05) is 66.7 Å². The highest BCUT2D eigenvalue weighted by atomic mass is 19.1. The molecule has 0 aliphatic carbocycles. The van der Waals surface area contributed by atoms with Crippen molar-refractivity contribution in [2.24, 2.45) is 0 Å². The van der Waals surface area contributed by atoms with Gasteiger partial charge in [0.2, 0.25) is 5.82 Å². The third kappa shape index (κ3) is 5.93. The first-order valence-corrected chi connectivity index (χ1v) is 11.6. The lowest BCUT2D eigenvalue weighted by Gasteiger charge is -2.32. The molecule has 1 aliphatic heterocycles. The number of benzene rings is 2. The second-order valence-electron chi connectivity index (χ2n) is 8.58. The second-order valence-corrected chi connectivity index (χ2v) is 8.58. The summed E-state index contributed by atoms with van der Waals surface area (Å²) in [6, 6.07) is 18.7. The van der Waals surface area contributed by atoms with Gasteiger partial charge in [-0.15, -0.1) is 6.58 Å². The van der Waals surface area contributed by atoms with Crippen molar-refractivity contribution in [1.29, 1.82) is 0 Å². The van der Waals surface area contributed by atoms with Crippen LogP contribution in [0.2, 0.25) is 0 Å².